The van der Waals surface area contributed by atoms with Gasteiger partial charge in [0.15, 0.2) is 6.61 Å². The van der Waals surface area contributed by atoms with Crippen LogP contribution in [0.15, 0.2) is 0 Å². The van der Waals surface area contributed by atoms with Gasteiger partial charge in [0.25, 0.3) is 0 Å². The van der Waals surface area contributed by atoms with Gasteiger partial charge >= 0.3 is 11.9 Å². The molecular weight excluding hydrogens is 164 g/mol. The summed E-state index contributed by atoms with van der Waals surface area (Å²) in [5, 5.41) is 0. The third-order valence-corrected chi connectivity index (χ3v) is 0.944. The first-order valence-corrected chi connectivity index (χ1v) is 3.44. The first-order valence-electron chi connectivity index (χ1n) is 3.44. The van der Waals surface area contributed by atoms with Crippen LogP contribution in [0.2, 0.25) is 0 Å². The Morgan fingerprint density at radius 2 is 1.83 bits per heavy atom. The zero-order valence-electron chi connectivity index (χ0n) is 7.16. The van der Waals surface area contributed by atoms with E-state index in [0.29, 0.717) is 6.61 Å². The summed E-state index contributed by atoms with van der Waals surface area (Å²) in [7, 11) is 1.50. The fourth-order valence-corrected chi connectivity index (χ4v) is 0.441. The molecule has 0 heterocycles. The Hall–Kier alpha value is -1.10. The van der Waals surface area contributed by atoms with Gasteiger partial charge in [0.1, 0.15) is 6.61 Å². The molecule has 0 aromatic heterocycles. The number of carbonyl (C=O) groups excluding carboxylic acids is 2. The van der Waals surface area contributed by atoms with Gasteiger partial charge in [-0.25, -0.2) is 4.79 Å². The fourth-order valence-electron chi connectivity index (χ4n) is 0.441. The van der Waals surface area contributed by atoms with E-state index >= 15 is 0 Å². The van der Waals surface area contributed by atoms with Crippen LogP contribution < -0.4 is 0 Å². The largest absolute Gasteiger partial charge is 0.461 e. The molecule has 0 saturated heterocycles. The Kier molecular flexibility index (Phi) is 6.00. The average Bonchev–Trinajstić information content (AvgIpc) is 2.01. The Bertz CT molecular complexity index is 154. The van der Waals surface area contributed by atoms with Crippen LogP contribution >= 0.6 is 0 Å². The van der Waals surface area contributed by atoms with Crippen LogP contribution in [0.25, 0.3) is 0 Å². The Balaban J connectivity index is 3.28. The highest BCUT2D eigenvalue weighted by Gasteiger charge is 2.03. The Morgan fingerprint density at radius 1 is 1.17 bits per heavy atom. The second-order valence-electron chi connectivity index (χ2n) is 1.99. The topological polar surface area (TPSA) is 61.8 Å². The molecule has 0 rings (SSSR count). The minimum Gasteiger partial charge on any atom is -0.461 e. The summed E-state index contributed by atoms with van der Waals surface area (Å²) in [5.41, 5.74) is 0. The summed E-state index contributed by atoms with van der Waals surface area (Å²) in [5.74, 6) is -1.07. The van der Waals surface area contributed by atoms with Gasteiger partial charge in [-0.2, -0.15) is 0 Å². The van der Waals surface area contributed by atoms with Gasteiger partial charge in [-0.3, -0.25) is 4.79 Å². The Labute approximate surface area is 70.6 Å². The van der Waals surface area contributed by atoms with Crippen LogP contribution in [-0.4, -0.2) is 38.9 Å². The number of hydrogen-bond acceptors (Lipinski definition) is 5. The van der Waals surface area contributed by atoms with E-state index in [4.69, 9.17) is 0 Å². The lowest BCUT2D eigenvalue weighted by atomic mass is 10.7. The molecule has 0 saturated carbocycles. The van der Waals surface area contributed by atoms with Gasteiger partial charge in [-0.15, -0.1) is 0 Å². The van der Waals surface area contributed by atoms with E-state index in [9.17, 15) is 9.59 Å². The monoisotopic (exact) mass is 176 g/mol. The molecule has 0 spiro atoms. The number of rotatable bonds is 5. The molecule has 0 bridgehead atoms. The highest BCUT2D eigenvalue weighted by molar-refractivity contribution is 5.75. The van der Waals surface area contributed by atoms with Crippen molar-refractivity contribution in [2.45, 2.75) is 6.92 Å². The van der Waals surface area contributed by atoms with Gasteiger partial charge in [-0.05, 0) is 0 Å². The van der Waals surface area contributed by atoms with Gasteiger partial charge in [0.05, 0.1) is 6.61 Å². The molecule has 5 nitrogen and oxygen atoms in total. The molecule has 0 aliphatic carbocycles. The van der Waals surface area contributed by atoms with Gasteiger partial charge in [0, 0.05) is 14.0 Å². The van der Waals surface area contributed by atoms with E-state index < -0.39 is 11.9 Å². The van der Waals surface area contributed by atoms with Crippen LogP contribution in [0.3, 0.4) is 0 Å². The maximum atomic E-state index is 10.7. The highest BCUT2D eigenvalue weighted by atomic mass is 16.6. The van der Waals surface area contributed by atoms with Crippen molar-refractivity contribution >= 4 is 11.9 Å². The normalized spacial score (nSPS) is 9.17. The second kappa shape index (κ2) is 6.60. The summed E-state index contributed by atoms with van der Waals surface area (Å²) in [6, 6.07) is 0. The minimum absolute atomic E-state index is 0.177. The molecule has 0 amide bonds. The maximum Gasteiger partial charge on any atom is 0.344 e. The van der Waals surface area contributed by atoms with Crippen molar-refractivity contribution in [1.82, 2.24) is 0 Å². The summed E-state index contributed by atoms with van der Waals surface area (Å²) in [6.45, 7) is 1.41. The molecule has 0 aromatic carbocycles. The lowest BCUT2D eigenvalue weighted by Crippen LogP contribution is -2.16. The fraction of sp³-hybridized carbons (Fsp3) is 0.714. The number of carbonyl (C=O) groups is 2. The second-order valence-corrected chi connectivity index (χ2v) is 1.99. The SMILES string of the molecule is COCCOC(=O)COC(C)=O. The average molecular weight is 176 g/mol. The minimum atomic E-state index is -0.567. The van der Waals surface area contributed by atoms with Crippen molar-refractivity contribution in [2.24, 2.45) is 0 Å². The number of hydrogen-bond donors (Lipinski definition) is 0. The standard InChI is InChI=1S/C7H12O5/c1-6(8)12-5-7(9)11-4-3-10-2/h3-5H2,1-2H3. The van der Waals surface area contributed by atoms with E-state index in [1.807, 2.05) is 0 Å². The molecule has 0 aromatic rings. The maximum absolute atomic E-state index is 10.7. The summed E-state index contributed by atoms with van der Waals surface area (Å²) >= 11 is 0. The molecule has 0 fully saturated rings. The smallest absolute Gasteiger partial charge is 0.344 e. The molecule has 0 atom stereocenters. The van der Waals surface area contributed by atoms with Crippen LogP contribution in [0.4, 0.5) is 0 Å². The molecule has 0 aliphatic heterocycles. The third-order valence-electron chi connectivity index (χ3n) is 0.944. The lowest BCUT2D eigenvalue weighted by Gasteiger charge is -2.03. The van der Waals surface area contributed by atoms with Gasteiger partial charge in [-0.1, -0.05) is 0 Å². The first-order chi connectivity index (χ1) is 5.66. The van der Waals surface area contributed by atoms with Crippen LogP contribution in [0, 0.1) is 0 Å². The molecule has 0 aliphatic rings. The molecule has 12 heavy (non-hydrogen) atoms. The molecule has 0 unspecified atom stereocenters. The first kappa shape index (κ1) is 10.9. The zero-order chi connectivity index (χ0) is 9.40. The summed E-state index contributed by atoms with van der Waals surface area (Å²) in [6.07, 6.45) is 0. The van der Waals surface area contributed by atoms with Crippen molar-refractivity contribution in [3.05, 3.63) is 0 Å². The summed E-state index contributed by atoms with van der Waals surface area (Å²) in [4.78, 5) is 20.9. The predicted octanol–water partition coefficient (Wildman–Crippen LogP) is -0.261. The van der Waals surface area contributed by atoms with E-state index in [-0.39, 0.29) is 13.2 Å². The van der Waals surface area contributed by atoms with Crippen molar-refractivity contribution in [3.63, 3.8) is 0 Å². The van der Waals surface area contributed by atoms with Crippen LogP contribution in [0.5, 0.6) is 0 Å². The lowest BCUT2D eigenvalue weighted by molar-refractivity contribution is -0.158. The molecule has 5 heteroatoms. The third kappa shape index (κ3) is 7.01. The van der Waals surface area contributed by atoms with E-state index in [2.05, 4.69) is 14.2 Å². The highest BCUT2D eigenvalue weighted by Crippen LogP contribution is 1.82. The van der Waals surface area contributed by atoms with Crippen LogP contribution in [-0.2, 0) is 23.8 Å². The zero-order valence-corrected chi connectivity index (χ0v) is 7.16. The Morgan fingerprint density at radius 3 is 2.33 bits per heavy atom. The van der Waals surface area contributed by atoms with Crippen molar-refractivity contribution in [2.75, 3.05) is 26.9 Å². The van der Waals surface area contributed by atoms with E-state index in [1.165, 1.54) is 14.0 Å². The number of methoxy groups -OCH3 is 1. The van der Waals surface area contributed by atoms with Gasteiger partial charge < -0.3 is 14.2 Å². The van der Waals surface area contributed by atoms with Crippen LogP contribution in [0.1, 0.15) is 6.92 Å². The molecule has 70 valence electrons. The molecule has 0 radical (unpaired) electrons. The number of esters is 2. The van der Waals surface area contributed by atoms with Gasteiger partial charge in [0.2, 0.25) is 0 Å². The quantitative estimate of drug-likeness (QED) is 0.426. The predicted molar refractivity (Wildman–Crippen MR) is 39.5 cm³/mol. The van der Waals surface area contributed by atoms with Crippen molar-refractivity contribution < 1.29 is 23.8 Å². The molecular formula is C7H12O5. The summed E-state index contributed by atoms with van der Waals surface area (Å²) < 4.78 is 13.6. The van der Waals surface area contributed by atoms with E-state index in [0.717, 1.165) is 0 Å². The van der Waals surface area contributed by atoms with Crippen molar-refractivity contribution in [3.8, 4) is 0 Å². The number of ether oxygens (including phenoxy) is 3. The molecule has 0 N–H and O–H groups in total. The van der Waals surface area contributed by atoms with Crippen molar-refractivity contribution in [1.29, 1.82) is 0 Å². The van der Waals surface area contributed by atoms with E-state index in [1.54, 1.807) is 0 Å².